The Labute approximate surface area is 180 Å². The molecule has 0 fully saturated rings. The van der Waals surface area contributed by atoms with Crippen LogP contribution >= 0.6 is 23.2 Å². The van der Waals surface area contributed by atoms with Gasteiger partial charge in [-0.2, -0.15) is 0 Å². The lowest BCUT2D eigenvalue weighted by atomic mass is 10.0. The van der Waals surface area contributed by atoms with Crippen LogP contribution in [0.25, 0.3) is 0 Å². The predicted octanol–water partition coefficient (Wildman–Crippen LogP) is 4.71. The van der Waals surface area contributed by atoms with Gasteiger partial charge in [-0.05, 0) is 42.7 Å². The van der Waals surface area contributed by atoms with E-state index < -0.39 is 11.9 Å². The van der Waals surface area contributed by atoms with Crippen LogP contribution in [0.5, 0.6) is 11.5 Å². The van der Waals surface area contributed by atoms with Crippen molar-refractivity contribution in [3.63, 3.8) is 0 Å². The number of carbonyl (C=O) groups excluding carboxylic acids is 2. The van der Waals surface area contributed by atoms with E-state index in [-0.39, 0.29) is 22.4 Å². The van der Waals surface area contributed by atoms with Gasteiger partial charge in [-0.1, -0.05) is 37.0 Å². The second kappa shape index (κ2) is 9.85. The molecule has 6 nitrogen and oxygen atoms in total. The third kappa shape index (κ3) is 5.55. The number of halogens is 2. The lowest BCUT2D eigenvalue weighted by Gasteiger charge is -2.23. The Morgan fingerprint density at radius 3 is 2.17 bits per heavy atom. The van der Waals surface area contributed by atoms with Crippen molar-refractivity contribution < 1.29 is 19.1 Å². The lowest BCUT2D eigenvalue weighted by Crippen LogP contribution is -2.47. The average Bonchev–Trinajstić information content (AvgIpc) is 2.66. The average molecular weight is 439 g/mol. The monoisotopic (exact) mass is 438 g/mol. The van der Waals surface area contributed by atoms with Crippen molar-refractivity contribution in [1.29, 1.82) is 0 Å². The minimum Gasteiger partial charge on any atom is -0.493 e. The maximum Gasteiger partial charge on any atom is 0.253 e. The first-order chi connectivity index (χ1) is 13.7. The van der Waals surface area contributed by atoms with E-state index in [1.165, 1.54) is 19.2 Å². The van der Waals surface area contributed by atoms with Crippen LogP contribution in [0.3, 0.4) is 0 Å². The highest BCUT2D eigenvalue weighted by atomic mass is 35.5. The highest BCUT2D eigenvalue weighted by Gasteiger charge is 2.26. The fraction of sp³-hybridized carbons (Fsp3) is 0.333. The molecule has 0 aliphatic rings. The molecule has 1 unspecified atom stereocenters. The first-order valence-electron chi connectivity index (χ1n) is 8.97. The maximum atomic E-state index is 12.9. The summed E-state index contributed by atoms with van der Waals surface area (Å²) >= 11 is 12.0. The molecular weight excluding hydrogens is 415 g/mol. The molecule has 156 valence electrons. The zero-order valence-electron chi connectivity index (χ0n) is 16.9. The largest absolute Gasteiger partial charge is 0.493 e. The van der Waals surface area contributed by atoms with Crippen molar-refractivity contribution in [3.8, 4) is 11.5 Å². The van der Waals surface area contributed by atoms with Gasteiger partial charge in [0.1, 0.15) is 6.04 Å². The second-order valence-electron chi connectivity index (χ2n) is 6.83. The molecule has 0 aliphatic carbocycles. The van der Waals surface area contributed by atoms with Crippen LogP contribution in [0.4, 0.5) is 5.69 Å². The lowest BCUT2D eigenvalue weighted by molar-refractivity contribution is -0.118. The number of aryl methyl sites for hydroxylation is 1. The number of carbonyl (C=O) groups is 2. The van der Waals surface area contributed by atoms with Crippen LogP contribution in [0.2, 0.25) is 10.0 Å². The third-order valence-electron chi connectivity index (χ3n) is 4.40. The highest BCUT2D eigenvalue weighted by molar-refractivity contribution is 6.36. The summed E-state index contributed by atoms with van der Waals surface area (Å²) in [5.41, 5.74) is 1.61. The van der Waals surface area contributed by atoms with E-state index in [1.807, 2.05) is 20.8 Å². The summed E-state index contributed by atoms with van der Waals surface area (Å²) in [6.45, 7) is 5.53. The SMILES string of the molecule is COc1cc(C)c(NC(=O)C(NC(=O)c2ccc(Cl)cc2Cl)C(C)C)cc1OC. The van der Waals surface area contributed by atoms with E-state index in [9.17, 15) is 9.59 Å². The van der Waals surface area contributed by atoms with Crippen molar-refractivity contribution in [1.82, 2.24) is 5.32 Å². The Hall–Kier alpha value is -2.44. The molecule has 8 heteroatoms. The van der Waals surface area contributed by atoms with Gasteiger partial charge >= 0.3 is 0 Å². The van der Waals surface area contributed by atoms with Crippen LogP contribution in [0.15, 0.2) is 30.3 Å². The van der Waals surface area contributed by atoms with Crippen molar-refractivity contribution in [3.05, 3.63) is 51.5 Å². The van der Waals surface area contributed by atoms with Crippen molar-refractivity contribution in [2.75, 3.05) is 19.5 Å². The molecule has 2 rings (SSSR count). The summed E-state index contributed by atoms with van der Waals surface area (Å²) in [4.78, 5) is 25.6. The van der Waals surface area contributed by atoms with Gasteiger partial charge in [0.25, 0.3) is 5.91 Å². The standard InChI is InChI=1S/C21H24Cl2N2O4/c1-11(2)19(25-20(26)14-7-6-13(22)9-15(14)23)21(27)24-16-10-18(29-5)17(28-4)8-12(16)3/h6-11,19H,1-5H3,(H,24,27)(H,25,26). The molecule has 0 spiro atoms. The summed E-state index contributed by atoms with van der Waals surface area (Å²) < 4.78 is 10.6. The number of ether oxygens (including phenoxy) is 2. The minimum absolute atomic E-state index is 0.162. The van der Waals surface area contributed by atoms with Gasteiger partial charge in [-0.3, -0.25) is 9.59 Å². The molecule has 2 aromatic rings. The highest BCUT2D eigenvalue weighted by Crippen LogP contribution is 2.33. The molecular formula is C21H24Cl2N2O4. The Kier molecular flexibility index (Phi) is 7.76. The molecule has 2 aromatic carbocycles. The van der Waals surface area contributed by atoms with E-state index in [4.69, 9.17) is 32.7 Å². The molecule has 0 radical (unpaired) electrons. The molecule has 0 bridgehead atoms. The summed E-state index contributed by atoms with van der Waals surface area (Å²) in [5, 5.41) is 6.25. The topological polar surface area (TPSA) is 76.7 Å². The third-order valence-corrected chi connectivity index (χ3v) is 4.95. The zero-order valence-corrected chi connectivity index (χ0v) is 18.4. The number of anilines is 1. The Morgan fingerprint density at radius 1 is 1.00 bits per heavy atom. The quantitative estimate of drug-likeness (QED) is 0.655. The number of benzene rings is 2. The maximum absolute atomic E-state index is 12.9. The second-order valence-corrected chi connectivity index (χ2v) is 7.67. The first kappa shape index (κ1) is 22.8. The van der Waals surface area contributed by atoms with Crippen molar-refractivity contribution in [2.24, 2.45) is 5.92 Å². The molecule has 0 saturated heterocycles. The number of methoxy groups -OCH3 is 2. The smallest absolute Gasteiger partial charge is 0.253 e. The molecule has 0 aromatic heterocycles. The van der Waals surface area contributed by atoms with Gasteiger partial charge in [0, 0.05) is 16.8 Å². The van der Waals surface area contributed by atoms with E-state index in [2.05, 4.69) is 10.6 Å². The van der Waals surface area contributed by atoms with Gasteiger partial charge in [0.05, 0.1) is 24.8 Å². The molecule has 29 heavy (non-hydrogen) atoms. The minimum atomic E-state index is -0.776. The Bertz CT molecular complexity index is 916. The van der Waals surface area contributed by atoms with Gasteiger partial charge in [0.2, 0.25) is 5.91 Å². The Morgan fingerprint density at radius 2 is 1.62 bits per heavy atom. The number of rotatable bonds is 7. The van der Waals surface area contributed by atoms with E-state index in [1.54, 1.807) is 25.3 Å². The fourth-order valence-electron chi connectivity index (χ4n) is 2.75. The summed E-state index contributed by atoms with van der Waals surface area (Å²) in [7, 11) is 3.06. The number of nitrogens with one attached hydrogen (secondary N) is 2. The van der Waals surface area contributed by atoms with E-state index >= 15 is 0 Å². The summed E-state index contributed by atoms with van der Waals surface area (Å²) in [5.74, 6) is 0.0874. The summed E-state index contributed by atoms with van der Waals surface area (Å²) in [6.07, 6.45) is 0. The molecule has 0 saturated carbocycles. The van der Waals surface area contributed by atoms with Crippen molar-refractivity contribution in [2.45, 2.75) is 26.8 Å². The zero-order chi connectivity index (χ0) is 21.7. The van der Waals surface area contributed by atoms with Gasteiger partial charge in [-0.25, -0.2) is 0 Å². The van der Waals surface area contributed by atoms with E-state index in [0.717, 1.165) is 5.56 Å². The molecule has 1 atom stereocenters. The van der Waals surface area contributed by atoms with Crippen molar-refractivity contribution >= 4 is 40.7 Å². The van der Waals surface area contributed by atoms with Crippen LogP contribution in [0, 0.1) is 12.8 Å². The number of hydrogen-bond donors (Lipinski definition) is 2. The van der Waals surface area contributed by atoms with Gasteiger partial charge in [0.15, 0.2) is 11.5 Å². The van der Waals surface area contributed by atoms with Crippen LogP contribution in [0.1, 0.15) is 29.8 Å². The fourth-order valence-corrected chi connectivity index (χ4v) is 3.25. The number of amides is 2. The normalized spacial score (nSPS) is 11.7. The summed E-state index contributed by atoms with van der Waals surface area (Å²) in [6, 6.07) is 7.25. The molecule has 0 aliphatic heterocycles. The van der Waals surface area contributed by atoms with Gasteiger partial charge in [-0.15, -0.1) is 0 Å². The van der Waals surface area contributed by atoms with E-state index in [0.29, 0.717) is 22.2 Å². The van der Waals surface area contributed by atoms with Gasteiger partial charge < -0.3 is 20.1 Å². The number of hydrogen-bond acceptors (Lipinski definition) is 4. The molecule has 0 heterocycles. The molecule has 2 N–H and O–H groups in total. The molecule has 2 amide bonds. The van der Waals surface area contributed by atoms with Crippen LogP contribution in [-0.2, 0) is 4.79 Å². The Balaban J connectivity index is 2.23. The van der Waals surface area contributed by atoms with Crippen LogP contribution < -0.4 is 20.1 Å². The van der Waals surface area contributed by atoms with Crippen LogP contribution in [-0.4, -0.2) is 32.1 Å². The predicted molar refractivity (Wildman–Crippen MR) is 115 cm³/mol. The first-order valence-corrected chi connectivity index (χ1v) is 9.73.